The Hall–Kier alpha value is -2.58. The summed E-state index contributed by atoms with van der Waals surface area (Å²) in [6.45, 7) is 5.40. The molecule has 0 radical (unpaired) electrons. The third kappa shape index (κ3) is 3.70. The largest absolute Gasteiger partial charge is 0.454 e. The van der Waals surface area contributed by atoms with E-state index in [2.05, 4.69) is 13.8 Å². The van der Waals surface area contributed by atoms with E-state index in [1.807, 2.05) is 12.1 Å². The van der Waals surface area contributed by atoms with Gasteiger partial charge in [-0.1, -0.05) is 32.0 Å². The van der Waals surface area contributed by atoms with Crippen LogP contribution < -0.4 is 9.47 Å². The summed E-state index contributed by atoms with van der Waals surface area (Å²) in [5.74, 6) is 1.18. The number of benzene rings is 2. The minimum atomic E-state index is -3.58. The number of para-hydroxylation sites is 1. The zero-order valence-electron chi connectivity index (χ0n) is 16.5. The molecule has 1 fully saturated rings. The van der Waals surface area contributed by atoms with Gasteiger partial charge in [-0.25, -0.2) is 8.42 Å². The predicted molar refractivity (Wildman–Crippen MR) is 108 cm³/mol. The highest BCUT2D eigenvalue weighted by molar-refractivity contribution is 7.89. The van der Waals surface area contributed by atoms with Gasteiger partial charge < -0.3 is 14.4 Å². The third-order valence-corrected chi connectivity index (χ3v) is 7.25. The minimum Gasteiger partial charge on any atom is -0.454 e. The van der Waals surface area contributed by atoms with Crippen LogP contribution in [0.5, 0.6) is 11.5 Å². The molecule has 2 aromatic carbocycles. The number of ether oxygens (including phenoxy) is 2. The molecule has 2 aromatic rings. The molecule has 0 spiro atoms. The van der Waals surface area contributed by atoms with Crippen LogP contribution in [-0.4, -0.2) is 56.5 Å². The maximum absolute atomic E-state index is 13.0. The molecule has 0 aliphatic carbocycles. The van der Waals surface area contributed by atoms with Crippen LogP contribution in [0.2, 0.25) is 0 Å². The van der Waals surface area contributed by atoms with Gasteiger partial charge in [-0.15, -0.1) is 0 Å². The summed E-state index contributed by atoms with van der Waals surface area (Å²) >= 11 is 0. The van der Waals surface area contributed by atoms with Crippen LogP contribution in [0.15, 0.2) is 47.4 Å². The predicted octanol–water partition coefficient (Wildman–Crippen LogP) is 2.69. The molecule has 1 saturated heterocycles. The van der Waals surface area contributed by atoms with Gasteiger partial charge in [0.25, 0.3) is 5.91 Å². The van der Waals surface area contributed by atoms with E-state index in [0.29, 0.717) is 36.1 Å². The normalized spacial score (nSPS) is 17.0. The molecule has 154 valence electrons. The Labute approximate surface area is 170 Å². The van der Waals surface area contributed by atoms with Gasteiger partial charge in [0.05, 0.1) is 10.5 Å². The highest BCUT2D eigenvalue weighted by Crippen LogP contribution is 2.36. The summed E-state index contributed by atoms with van der Waals surface area (Å²) in [4.78, 5) is 14.9. The Morgan fingerprint density at radius 3 is 2.31 bits per heavy atom. The van der Waals surface area contributed by atoms with Crippen LogP contribution >= 0.6 is 0 Å². The molecule has 7 nitrogen and oxygen atoms in total. The van der Waals surface area contributed by atoms with Crippen molar-refractivity contribution >= 4 is 15.9 Å². The summed E-state index contributed by atoms with van der Waals surface area (Å²) in [5.41, 5.74) is 1.54. The molecule has 0 N–H and O–H groups in total. The van der Waals surface area contributed by atoms with Crippen molar-refractivity contribution < 1.29 is 22.7 Å². The van der Waals surface area contributed by atoms with Crippen LogP contribution in [0.4, 0.5) is 0 Å². The molecule has 0 atom stereocenters. The second-order valence-corrected chi connectivity index (χ2v) is 9.40. The van der Waals surface area contributed by atoms with E-state index >= 15 is 0 Å². The maximum atomic E-state index is 13.0. The number of hydrogen-bond acceptors (Lipinski definition) is 5. The topological polar surface area (TPSA) is 76.2 Å². The Bertz CT molecular complexity index is 1010. The zero-order chi connectivity index (χ0) is 20.6. The molecule has 29 heavy (non-hydrogen) atoms. The van der Waals surface area contributed by atoms with E-state index in [0.717, 1.165) is 5.56 Å². The first-order chi connectivity index (χ1) is 13.9. The fourth-order valence-corrected chi connectivity index (χ4v) is 5.00. The molecule has 0 bridgehead atoms. The van der Waals surface area contributed by atoms with E-state index < -0.39 is 10.0 Å². The van der Waals surface area contributed by atoms with E-state index in [9.17, 15) is 13.2 Å². The number of carbonyl (C=O) groups excluding carboxylic acids is 1. The first-order valence-electron chi connectivity index (χ1n) is 9.66. The molecular formula is C21H24N2O5S. The van der Waals surface area contributed by atoms with Crippen molar-refractivity contribution in [3.8, 4) is 11.5 Å². The lowest BCUT2D eigenvalue weighted by molar-refractivity contribution is 0.0693. The van der Waals surface area contributed by atoms with Gasteiger partial charge in [0.2, 0.25) is 16.8 Å². The van der Waals surface area contributed by atoms with Crippen LogP contribution in [0.25, 0.3) is 0 Å². The Morgan fingerprint density at radius 1 is 0.966 bits per heavy atom. The number of rotatable bonds is 4. The van der Waals surface area contributed by atoms with Gasteiger partial charge >= 0.3 is 0 Å². The average Bonchev–Trinajstić information content (AvgIpc) is 3.22. The van der Waals surface area contributed by atoms with E-state index in [4.69, 9.17) is 9.47 Å². The van der Waals surface area contributed by atoms with Crippen molar-refractivity contribution in [1.82, 2.24) is 9.21 Å². The van der Waals surface area contributed by atoms with Gasteiger partial charge in [-0.05, 0) is 35.7 Å². The molecule has 0 aromatic heterocycles. The molecular weight excluding hydrogens is 392 g/mol. The Morgan fingerprint density at radius 2 is 1.66 bits per heavy atom. The monoisotopic (exact) mass is 416 g/mol. The molecule has 4 rings (SSSR count). The van der Waals surface area contributed by atoms with Gasteiger partial charge in [-0.2, -0.15) is 4.31 Å². The fraction of sp³-hybridized carbons (Fsp3) is 0.381. The van der Waals surface area contributed by atoms with Crippen molar-refractivity contribution in [3.63, 3.8) is 0 Å². The Kier molecular flexibility index (Phi) is 5.23. The molecule has 2 heterocycles. The number of piperazine rings is 1. The molecule has 8 heteroatoms. The van der Waals surface area contributed by atoms with Crippen molar-refractivity contribution in [2.75, 3.05) is 33.0 Å². The summed E-state index contributed by atoms with van der Waals surface area (Å²) < 4.78 is 38.1. The lowest BCUT2D eigenvalue weighted by Gasteiger charge is -2.34. The van der Waals surface area contributed by atoms with Crippen molar-refractivity contribution in [1.29, 1.82) is 0 Å². The first kappa shape index (κ1) is 19.7. The summed E-state index contributed by atoms with van der Waals surface area (Å²) in [6, 6.07) is 12.2. The standard InChI is InChI=1S/C21H24N2O5S/c1-15(2)16-6-8-17(9-7-16)29(25,26)23-12-10-22(11-13-23)21(24)18-4-3-5-19-20(18)28-14-27-19/h3-9,15H,10-14H2,1-2H3. The zero-order valence-corrected chi connectivity index (χ0v) is 17.3. The number of sulfonamides is 1. The molecule has 2 aliphatic rings. The maximum Gasteiger partial charge on any atom is 0.257 e. The highest BCUT2D eigenvalue weighted by Gasteiger charge is 2.32. The summed E-state index contributed by atoms with van der Waals surface area (Å²) in [7, 11) is -3.58. The number of fused-ring (bicyclic) bond motifs is 1. The summed E-state index contributed by atoms with van der Waals surface area (Å²) in [5, 5.41) is 0. The lowest BCUT2D eigenvalue weighted by atomic mass is 10.0. The van der Waals surface area contributed by atoms with Gasteiger partial charge in [-0.3, -0.25) is 4.79 Å². The molecule has 2 aliphatic heterocycles. The molecule has 0 unspecified atom stereocenters. The lowest BCUT2D eigenvalue weighted by Crippen LogP contribution is -2.50. The SMILES string of the molecule is CC(C)c1ccc(S(=O)(=O)N2CCN(C(=O)c3cccc4c3OCO4)CC2)cc1. The number of carbonyl (C=O) groups is 1. The van der Waals surface area contributed by atoms with Crippen molar-refractivity contribution in [3.05, 3.63) is 53.6 Å². The summed E-state index contributed by atoms with van der Waals surface area (Å²) in [6.07, 6.45) is 0. The van der Waals surface area contributed by atoms with E-state index in [-0.39, 0.29) is 30.7 Å². The fourth-order valence-electron chi connectivity index (χ4n) is 3.57. The molecule has 0 saturated carbocycles. The number of nitrogens with zero attached hydrogens (tertiary/aromatic N) is 2. The van der Waals surface area contributed by atoms with E-state index in [1.54, 1.807) is 35.2 Å². The quantitative estimate of drug-likeness (QED) is 0.766. The smallest absolute Gasteiger partial charge is 0.257 e. The van der Waals surface area contributed by atoms with E-state index in [1.165, 1.54) is 4.31 Å². The van der Waals surface area contributed by atoms with Gasteiger partial charge in [0.1, 0.15) is 0 Å². The number of amides is 1. The molecule has 1 amide bonds. The number of hydrogen-bond donors (Lipinski definition) is 0. The highest BCUT2D eigenvalue weighted by atomic mass is 32.2. The average molecular weight is 416 g/mol. The first-order valence-corrected chi connectivity index (χ1v) is 11.1. The van der Waals surface area contributed by atoms with Crippen LogP contribution in [0.1, 0.15) is 35.7 Å². The van der Waals surface area contributed by atoms with Crippen LogP contribution in [-0.2, 0) is 10.0 Å². The third-order valence-electron chi connectivity index (χ3n) is 5.34. The van der Waals surface area contributed by atoms with Gasteiger partial charge in [0.15, 0.2) is 11.5 Å². The van der Waals surface area contributed by atoms with Crippen LogP contribution in [0.3, 0.4) is 0 Å². The minimum absolute atomic E-state index is 0.0985. The van der Waals surface area contributed by atoms with Crippen molar-refractivity contribution in [2.24, 2.45) is 0 Å². The van der Waals surface area contributed by atoms with Crippen LogP contribution in [0, 0.1) is 0 Å². The van der Waals surface area contributed by atoms with Gasteiger partial charge in [0, 0.05) is 26.2 Å². The second kappa shape index (κ2) is 7.68. The second-order valence-electron chi connectivity index (χ2n) is 7.46. The van der Waals surface area contributed by atoms with Crippen molar-refractivity contribution in [2.45, 2.75) is 24.7 Å². The Balaban J connectivity index is 1.45.